The second-order valence-electron chi connectivity index (χ2n) is 8.41. The van der Waals surface area contributed by atoms with Gasteiger partial charge < -0.3 is 15.2 Å². The Kier molecular flexibility index (Phi) is 4.90. The van der Waals surface area contributed by atoms with Crippen LogP contribution in [0.2, 0.25) is 0 Å². The molecule has 1 fully saturated rings. The summed E-state index contributed by atoms with van der Waals surface area (Å²) in [6.07, 6.45) is 2.66. The lowest BCUT2D eigenvalue weighted by atomic mass is 9.74. The Hall–Kier alpha value is -1.36. The third-order valence-corrected chi connectivity index (χ3v) is 4.90. The Bertz CT molecular complexity index is 570. The fourth-order valence-electron chi connectivity index (χ4n) is 4.13. The maximum absolute atomic E-state index is 12.3. The number of imidazole rings is 1. The minimum atomic E-state index is 0.0839. The van der Waals surface area contributed by atoms with Crippen molar-refractivity contribution < 1.29 is 4.79 Å². The average Bonchev–Trinajstić information content (AvgIpc) is 2.60. The molecule has 0 unspecified atom stereocenters. The van der Waals surface area contributed by atoms with E-state index in [2.05, 4.69) is 43.3 Å². The van der Waals surface area contributed by atoms with Crippen molar-refractivity contribution in [3.05, 3.63) is 17.2 Å². The molecular weight excluding hydrogens is 288 g/mol. The summed E-state index contributed by atoms with van der Waals surface area (Å²) in [5.41, 5.74) is 2.34. The molecule has 0 aromatic carbocycles. The van der Waals surface area contributed by atoms with Crippen molar-refractivity contribution in [1.29, 1.82) is 0 Å². The molecule has 1 aliphatic rings. The quantitative estimate of drug-likeness (QED) is 0.896. The van der Waals surface area contributed by atoms with E-state index in [0.717, 1.165) is 30.1 Å². The molecule has 0 saturated carbocycles. The second-order valence-corrected chi connectivity index (χ2v) is 8.41. The SMILES string of the molecule is Cc1nc(CNC(=O)CC2CC(C)(C)NC(C)(C)C2)n(C)c1C. The highest BCUT2D eigenvalue weighted by atomic mass is 16.1. The summed E-state index contributed by atoms with van der Waals surface area (Å²) < 4.78 is 2.05. The van der Waals surface area contributed by atoms with E-state index in [1.807, 2.05) is 25.5 Å². The van der Waals surface area contributed by atoms with E-state index in [4.69, 9.17) is 0 Å². The van der Waals surface area contributed by atoms with Crippen LogP contribution in [0.15, 0.2) is 0 Å². The number of aryl methyl sites for hydroxylation is 1. The van der Waals surface area contributed by atoms with Crippen LogP contribution in [0, 0.1) is 19.8 Å². The van der Waals surface area contributed by atoms with Gasteiger partial charge in [0.2, 0.25) is 5.91 Å². The zero-order chi connectivity index (χ0) is 17.4. The van der Waals surface area contributed by atoms with Gasteiger partial charge in [0.15, 0.2) is 0 Å². The number of nitrogens with one attached hydrogen (secondary N) is 2. The molecule has 0 aliphatic carbocycles. The van der Waals surface area contributed by atoms with Gasteiger partial charge in [0.05, 0.1) is 12.2 Å². The van der Waals surface area contributed by atoms with E-state index in [9.17, 15) is 4.79 Å². The molecule has 2 N–H and O–H groups in total. The fraction of sp³-hybridized carbons (Fsp3) is 0.778. The Morgan fingerprint density at radius 2 is 1.83 bits per heavy atom. The summed E-state index contributed by atoms with van der Waals surface area (Å²) in [6.45, 7) is 13.4. The number of aromatic nitrogens is 2. The summed E-state index contributed by atoms with van der Waals surface area (Å²) in [4.78, 5) is 16.9. The monoisotopic (exact) mass is 320 g/mol. The van der Waals surface area contributed by atoms with Gasteiger partial charge in [-0.15, -0.1) is 0 Å². The van der Waals surface area contributed by atoms with Crippen LogP contribution >= 0.6 is 0 Å². The van der Waals surface area contributed by atoms with Crippen molar-refractivity contribution in [1.82, 2.24) is 20.2 Å². The van der Waals surface area contributed by atoms with Crippen LogP contribution in [0.5, 0.6) is 0 Å². The van der Waals surface area contributed by atoms with E-state index < -0.39 is 0 Å². The smallest absolute Gasteiger partial charge is 0.220 e. The minimum absolute atomic E-state index is 0.0839. The normalized spacial score (nSPS) is 20.5. The number of carbonyl (C=O) groups is 1. The van der Waals surface area contributed by atoms with Gasteiger partial charge in [-0.05, 0) is 60.3 Å². The van der Waals surface area contributed by atoms with E-state index >= 15 is 0 Å². The van der Waals surface area contributed by atoms with Crippen LogP contribution in [-0.2, 0) is 18.4 Å². The van der Waals surface area contributed by atoms with Crippen molar-refractivity contribution in [2.24, 2.45) is 13.0 Å². The molecule has 5 nitrogen and oxygen atoms in total. The lowest BCUT2D eigenvalue weighted by Gasteiger charge is -2.46. The first-order valence-electron chi connectivity index (χ1n) is 8.54. The first-order chi connectivity index (χ1) is 10.5. The Morgan fingerprint density at radius 1 is 1.26 bits per heavy atom. The standard InChI is InChI=1S/C18H32N4O/c1-12-13(2)22(7)15(20-12)11-19-16(23)8-14-9-17(3,4)21-18(5,6)10-14/h14,21H,8-11H2,1-7H3,(H,19,23). The summed E-state index contributed by atoms with van der Waals surface area (Å²) >= 11 is 0. The topological polar surface area (TPSA) is 59.0 Å². The highest BCUT2D eigenvalue weighted by molar-refractivity contribution is 5.76. The number of amides is 1. The molecule has 130 valence electrons. The Labute approximate surface area is 140 Å². The van der Waals surface area contributed by atoms with Crippen LogP contribution in [0.3, 0.4) is 0 Å². The zero-order valence-electron chi connectivity index (χ0n) is 15.7. The van der Waals surface area contributed by atoms with Crippen LogP contribution < -0.4 is 10.6 Å². The van der Waals surface area contributed by atoms with E-state index in [0.29, 0.717) is 18.9 Å². The molecule has 2 heterocycles. The van der Waals surface area contributed by atoms with Crippen molar-refractivity contribution >= 4 is 5.91 Å². The van der Waals surface area contributed by atoms with Gasteiger partial charge in [0, 0.05) is 30.2 Å². The highest BCUT2D eigenvalue weighted by Gasteiger charge is 2.38. The van der Waals surface area contributed by atoms with Gasteiger partial charge in [0.1, 0.15) is 5.82 Å². The molecule has 2 rings (SSSR count). The third-order valence-electron chi connectivity index (χ3n) is 4.90. The van der Waals surface area contributed by atoms with Crippen molar-refractivity contribution in [3.63, 3.8) is 0 Å². The Balaban J connectivity index is 1.90. The molecule has 1 amide bonds. The predicted molar refractivity (Wildman–Crippen MR) is 93.2 cm³/mol. The fourth-order valence-corrected chi connectivity index (χ4v) is 4.13. The lowest BCUT2D eigenvalue weighted by molar-refractivity contribution is -0.122. The average molecular weight is 320 g/mol. The lowest BCUT2D eigenvalue weighted by Crippen LogP contribution is -2.58. The van der Waals surface area contributed by atoms with Crippen LogP contribution in [0.4, 0.5) is 0 Å². The van der Waals surface area contributed by atoms with Gasteiger partial charge >= 0.3 is 0 Å². The van der Waals surface area contributed by atoms with Crippen molar-refractivity contribution in [2.45, 2.75) is 78.4 Å². The van der Waals surface area contributed by atoms with Gasteiger partial charge in [-0.1, -0.05) is 0 Å². The second kappa shape index (κ2) is 6.27. The van der Waals surface area contributed by atoms with Gasteiger partial charge in [-0.25, -0.2) is 4.98 Å². The van der Waals surface area contributed by atoms with Crippen molar-refractivity contribution in [3.8, 4) is 0 Å². The summed E-state index contributed by atoms with van der Waals surface area (Å²) in [7, 11) is 1.99. The molecule has 5 heteroatoms. The number of rotatable bonds is 4. The molecule has 0 atom stereocenters. The van der Waals surface area contributed by atoms with E-state index in [1.165, 1.54) is 0 Å². The number of hydrogen-bond acceptors (Lipinski definition) is 3. The molecule has 0 radical (unpaired) electrons. The molecule has 1 saturated heterocycles. The molecule has 0 spiro atoms. The molecule has 1 aromatic rings. The predicted octanol–water partition coefficient (Wildman–Crippen LogP) is 2.60. The first-order valence-corrected chi connectivity index (χ1v) is 8.54. The maximum Gasteiger partial charge on any atom is 0.220 e. The van der Waals surface area contributed by atoms with Crippen LogP contribution in [-0.4, -0.2) is 26.5 Å². The van der Waals surface area contributed by atoms with Crippen LogP contribution in [0.1, 0.15) is 64.2 Å². The van der Waals surface area contributed by atoms with Gasteiger partial charge in [-0.2, -0.15) is 0 Å². The number of nitrogens with zero attached hydrogens (tertiary/aromatic N) is 2. The molecule has 0 bridgehead atoms. The third kappa shape index (κ3) is 4.56. The van der Waals surface area contributed by atoms with E-state index in [1.54, 1.807) is 0 Å². The summed E-state index contributed by atoms with van der Waals surface area (Å²) in [5, 5.41) is 6.70. The molecule has 23 heavy (non-hydrogen) atoms. The van der Waals surface area contributed by atoms with Gasteiger partial charge in [0.25, 0.3) is 0 Å². The number of carbonyl (C=O) groups excluding carboxylic acids is 1. The van der Waals surface area contributed by atoms with Gasteiger partial charge in [-0.3, -0.25) is 4.79 Å². The van der Waals surface area contributed by atoms with Crippen molar-refractivity contribution in [2.75, 3.05) is 0 Å². The molecule has 1 aromatic heterocycles. The summed E-state index contributed by atoms with van der Waals surface area (Å²) in [5.74, 6) is 1.47. The zero-order valence-corrected chi connectivity index (χ0v) is 15.7. The number of hydrogen-bond donors (Lipinski definition) is 2. The summed E-state index contributed by atoms with van der Waals surface area (Å²) in [6, 6.07) is 0. The first kappa shape index (κ1) is 18.0. The Morgan fingerprint density at radius 3 is 2.30 bits per heavy atom. The largest absolute Gasteiger partial charge is 0.349 e. The maximum atomic E-state index is 12.3. The molecular formula is C18H32N4O. The van der Waals surface area contributed by atoms with Crippen LogP contribution in [0.25, 0.3) is 0 Å². The highest BCUT2D eigenvalue weighted by Crippen LogP contribution is 2.34. The molecule has 1 aliphatic heterocycles. The number of piperidine rings is 1. The van der Waals surface area contributed by atoms with E-state index in [-0.39, 0.29) is 17.0 Å². The minimum Gasteiger partial charge on any atom is -0.349 e.